The number of halogens is 2. The van der Waals surface area contributed by atoms with Gasteiger partial charge >= 0.3 is 0 Å². The van der Waals surface area contributed by atoms with Gasteiger partial charge in [-0.15, -0.1) is 16.4 Å². The molecule has 2 aromatic carbocycles. The molecular formula is C18H13Cl2N5O3S2. The van der Waals surface area contributed by atoms with Crippen LogP contribution in [0.4, 0.5) is 11.6 Å². The van der Waals surface area contributed by atoms with Crippen molar-refractivity contribution in [2.24, 2.45) is 0 Å². The maximum absolute atomic E-state index is 12.5. The second kappa shape index (κ2) is 7.88. The molecule has 0 saturated carbocycles. The molecule has 4 aromatic rings. The molecule has 4 rings (SSSR count). The molecule has 0 atom stereocenters. The molecule has 154 valence electrons. The Kier molecular flexibility index (Phi) is 5.41. The number of anilines is 2. The number of thiazole rings is 1. The van der Waals surface area contributed by atoms with Crippen molar-refractivity contribution in [3.63, 3.8) is 0 Å². The van der Waals surface area contributed by atoms with Crippen LogP contribution in [0, 0.1) is 0 Å². The third kappa shape index (κ3) is 4.41. The molecular weight excluding hydrogens is 469 g/mol. The van der Waals surface area contributed by atoms with Crippen LogP contribution in [-0.2, 0) is 10.0 Å². The van der Waals surface area contributed by atoms with E-state index in [2.05, 4.69) is 20.1 Å². The Labute approximate surface area is 185 Å². The Balaban J connectivity index is 1.56. The topological polar surface area (TPSA) is 105 Å². The van der Waals surface area contributed by atoms with Gasteiger partial charge in [0.1, 0.15) is 0 Å². The molecule has 12 heteroatoms. The highest BCUT2D eigenvalue weighted by Crippen LogP contribution is 2.33. The monoisotopic (exact) mass is 481 g/mol. The first-order chi connectivity index (χ1) is 14.2. The van der Waals surface area contributed by atoms with Gasteiger partial charge in [-0.05, 0) is 42.5 Å². The van der Waals surface area contributed by atoms with E-state index in [0.717, 1.165) is 17.5 Å². The minimum Gasteiger partial charge on any atom is -0.289 e. The van der Waals surface area contributed by atoms with Crippen LogP contribution in [0.5, 0.6) is 0 Å². The molecule has 2 heterocycles. The summed E-state index contributed by atoms with van der Waals surface area (Å²) in [6, 6.07) is 11.2. The van der Waals surface area contributed by atoms with Gasteiger partial charge in [0.15, 0.2) is 0 Å². The van der Waals surface area contributed by atoms with E-state index in [1.165, 1.54) is 35.6 Å². The Morgan fingerprint density at radius 1 is 1.13 bits per heavy atom. The lowest BCUT2D eigenvalue weighted by molar-refractivity contribution is 0.102. The van der Waals surface area contributed by atoms with E-state index in [1.54, 1.807) is 22.7 Å². The number of sulfonamides is 1. The van der Waals surface area contributed by atoms with Gasteiger partial charge < -0.3 is 0 Å². The SMILES string of the molecule is CS(=O)(=O)Nc1ccc(C(=O)Nc2nc3scc(-c4ccc(Cl)cc4Cl)n3n2)cc1. The van der Waals surface area contributed by atoms with Crippen LogP contribution in [0.25, 0.3) is 16.2 Å². The molecule has 0 spiro atoms. The molecule has 0 aliphatic rings. The van der Waals surface area contributed by atoms with E-state index in [-0.39, 0.29) is 5.95 Å². The lowest BCUT2D eigenvalue weighted by Gasteiger charge is -2.05. The Morgan fingerprint density at radius 2 is 1.87 bits per heavy atom. The first-order valence-electron chi connectivity index (χ1n) is 8.38. The Morgan fingerprint density at radius 3 is 2.53 bits per heavy atom. The third-order valence-corrected chi connectivity index (χ3v) is 5.93. The van der Waals surface area contributed by atoms with Gasteiger partial charge in [-0.3, -0.25) is 14.8 Å². The largest absolute Gasteiger partial charge is 0.289 e. The Hall–Kier alpha value is -2.66. The van der Waals surface area contributed by atoms with Crippen LogP contribution in [-0.4, -0.2) is 35.2 Å². The highest BCUT2D eigenvalue weighted by atomic mass is 35.5. The van der Waals surface area contributed by atoms with E-state index < -0.39 is 15.9 Å². The van der Waals surface area contributed by atoms with Crippen molar-refractivity contribution in [1.29, 1.82) is 0 Å². The molecule has 0 unspecified atom stereocenters. The first-order valence-corrected chi connectivity index (χ1v) is 11.9. The molecule has 8 nitrogen and oxygen atoms in total. The van der Waals surface area contributed by atoms with E-state index in [4.69, 9.17) is 23.2 Å². The highest BCUT2D eigenvalue weighted by molar-refractivity contribution is 7.92. The lowest BCUT2D eigenvalue weighted by Crippen LogP contribution is -2.14. The number of carbonyl (C=O) groups excluding carboxylic acids is 1. The van der Waals surface area contributed by atoms with Gasteiger partial charge in [0.05, 0.1) is 17.0 Å². The highest BCUT2D eigenvalue weighted by Gasteiger charge is 2.16. The van der Waals surface area contributed by atoms with Crippen LogP contribution < -0.4 is 10.0 Å². The zero-order valence-electron chi connectivity index (χ0n) is 15.3. The molecule has 0 fully saturated rings. The fraction of sp³-hybridized carbons (Fsp3) is 0.0556. The third-order valence-electron chi connectivity index (χ3n) is 3.96. The average Bonchev–Trinajstić information content (AvgIpc) is 3.21. The summed E-state index contributed by atoms with van der Waals surface area (Å²) in [7, 11) is -3.39. The number of carbonyl (C=O) groups is 1. The summed E-state index contributed by atoms with van der Waals surface area (Å²) in [6.45, 7) is 0. The minimum absolute atomic E-state index is 0.136. The number of fused-ring (bicyclic) bond motifs is 1. The van der Waals surface area contributed by atoms with Crippen LogP contribution in [0.1, 0.15) is 10.4 Å². The molecule has 0 aliphatic carbocycles. The molecule has 0 radical (unpaired) electrons. The van der Waals surface area contributed by atoms with Crippen molar-refractivity contribution >= 4 is 67.1 Å². The fourth-order valence-corrected chi connectivity index (χ4v) is 4.59. The average molecular weight is 482 g/mol. The summed E-state index contributed by atoms with van der Waals surface area (Å²) in [5, 5.41) is 9.85. The number of aromatic nitrogens is 3. The van der Waals surface area contributed by atoms with Crippen molar-refractivity contribution in [2.45, 2.75) is 0 Å². The van der Waals surface area contributed by atoms with Gasteiger partial charge in [0.2, 0.25) is 15.0 Å². The summed E-state index contributed by atoms with van der Waals surface area (Å²) in [5.74, 6) is -0.290. The van der Waals surface area contributed by atoms with Crippen molar-refractivity contribution < 1.29 is 13.2 Å². The first kappa shape index (κ1) is 20.6. The number of hydrogen-bond donors (Lipinski definition) is 2. The predicted octanol–water partition coefficient (Wildman–Crippen LogP) is 4.39. The summed E-state index contributed by atoms with van der Waals surface area (Å²) in [4.78, 5) is 17.4. The summed E-state index contributed by atoms with van der Waals surface area (Å²) >= 11 is 13.6. The van der Waals surface area contributed by atoms with Gasteiger partial charge in [-0.2, -0.15) is 4.98 Å². The van der Waals surface area contributed by atoms with Crippen LogP contribution >= 0.6 is 34.5 Å². The molecule has 1 amide bonds. The van der Waals surface area contributed by atoms with Crippen molar-refractivity contribution in [2.75, 3.05) is 16.3 Å². The van der Waals surface area contributed by atoms with E-state index in [9.17, 15) is 13.2 Å². The van der Waals surface area contributed by atoms with Gasteiger partial charge in [0, 0.05) is 27.2 Å². The normalized spacial score (nSPS) is 11.6. The quantitative estimate of drug-likeness (QED) is 0.439. The second-order valence-electron chi connectivity index (χ2n) is 6.28. The lowest BCUT2D eigenvalue weighted by atomic mass is 10.2. The predicted molar refractivity (Wildman–Crippen MR) is 119 cm³/mol. The van der Waals surface area contributed by atoms with Gasteiger partial charge in [0.25, 0.3) is 11.9 Å². The van der Waals surface area contributed by atoms with Crippen molar-refractivity contribution in [3.05, 3.63) is 63.5 Å². The number of nitrogens with one attached hydrogen (secondary N) is 2. The minimum atomic E-state index is -3.39. The standard InChI is InChI=1S/C18H13Cl2N5O3S2/c1-30(27,28)24-12-5-2-10(3-6-12)16(26)21-17-22-18-25(23-17)15(9-29-18)13-7-4-11(19)8-14(13)20/h2-9,24H,1H3,(H,21,23,26). The van der Waals surface area contributed by atoms with E-state index in [0.29, 0.717) is 26.3 Å². The molecule has 30 heavy (non-hydrogen) atoms. The molecule has 0 aliphatic heterocycles. The summed E-state index contributed by atoms with van der Waals surface area (Å²) < 4.78 is 26.5. The molecule has 2 N–H and O–H groups in total. The number of rotatable bonds is 5. The van der Waals surface area contributed by atoms with Crippen LogP contribution in [0.15, 0.2) is 47.8 Å². The maximum atomic E-state index is 12.5. The van der Waals surface area contributed by atoms with Crippen molar-refractivity contribution in [1.82, 2.24) is 14.6 Å². The zero-order valence-corrected chi connectivity index (χ0v) is 18.4. The van der Waals surface area contributed by atoms with E-state index >= 15 is 0 Å². The van der Waals surface area contributed by atoms with Crippen LogP contribution in [0.3, 0.4) is 0 Å². The summed E-state index contributed by atoms with van der Waals surface area (Å²) in [5.41, 5.74) is 2.15. The Bertz CT molecular complexity index is 1360. The van der Waals surface area contributed by atoms with Gasteiger partial charge in [-0.25, -0.2) is 12.9 Å². The summed E-state index contributed by atoms with van der Waals surface area (Å²) in [6.07, 6.45) is 1.05. The fourth-order valence-electron chi connectivity index (χ4n) is 2.69. The zero-order chi connectivity index (χ0) is 21.5. The molecule has 2 aromatic heterocycles. The number of nitrogens with zero attached hydrogens (tertiary/aromatic N) is 3. The van der Waals surface area contributed by atoms with Gasteiger partial charge in [-0.1, -0.05) is 23.2 Å². The number of hydrogen-bond acceptors (Lipinski definition) is 6. The number of benzene rings is 2. The smallest absolute Gasteiger partial charge is 0.258 e. The van der Waals surface area contributed by atoms with E-state index in [1.807, 2.05) is 5.38 Å². The molecule has 0 saturated heterocycles. The van der Waals surface area contributed by atoms with Crippen LogP contribution in [0.2, 0.25) is 10.0 Å². The maximum Gasteiger partial charge on any atom is 0.258 e. The second-order valence-corrected chi connectivity index (χ2v) is 9.71. The number of amides is 1. The molecule has 0 bridgehead atoms. The van der Waals surface area contributed by atoms with Crippen molar-refractivity contribution in [3.8, 4) is 11.3 Å².